The molecule has 1 N–H and O–H groups in total. The molecule has 4 nitrogen and oxygen atoms in total. The summed E-state index contributed by atoms with van der Waals surface area (Å²) in [6.07, 6.45) is 4.09. The van der Waals surface area contributed by atoms with Gasteiger partial charge in [-0.1, -0.05) is 30.3 Å². The highest BCUT2D eigenvalue weighted by Gasteiger charge is 2.20. The molecule has 1 aliphatic heterocycles. The average Bonchev–Trinajstić information content (AvgIpc) is 2.69. The summed E-state index contributed by atoms with van der Waals surface area (Å²) >= 11 is 0. The minimum Gasteiger partial charge on any atom is -0.497 e. The van der Waals surface area contributed by atoms with Crippen LogP contribution in [0.3, 0.4) is 0 Å². The van der Waals surface area contributed by atoms with Crippen LogP contribution in [0.4, 0.5) is 5.69 Å². The first kappa shape index (κ1) is 18.5. The van der Waals surface area contributed by atoms with Crippen LogP contribution in [0.15, 0.2) is 54.6 Å². The molecule has 1 amide bonds. The summed E-state index contributed by atoms with van der Waals surface area (Å²) in [5.74, 6) is 1.74. The molecule has 0 bridgehead atoms. The van der Waals surface area contributed by atoms with Crippen molar-refractivity contribution in [2.24, 2.45) is 5.92 Å². The maximum Gasteiger partial charge on any atom is 0.225 e. The zero-order valence-electron chi connectivity index (χ0n) is 15.5. The van der Waals surface area contributed by atoms with Gasteiger partial charge in [0, 0.05) is 18.7 Å². The van der Waals surface area contributed by atoms with Crippen molar-refractivity contribution >= 4 is 11.6 Å². The van der Waals surface area contributed by atoms with Crippen molar-refractivity contribution in [2.75, 3.05) is 32.1 Å². The summed E-state index contributed by atoms with van der Waals surface area (Å²) in [4.78, 5) is 14.5. The van der Waals surface area contributed by atoms with E-state index in [0.29, 0.717) is 6.42 Å². The molecule has 0 aromatic heterocycles. The van der Waals surface area contributed by atoms with E-state index in [0.717, 1.165) is 43.4 Å². The highest BCUT2D eigenvalue weighted by atomic mass is 16.5. The van der Waals surface area contributed by atoms with Crippen molar-refractivity contribution in [2.45, 2.75) is 25.7 Å². The molecule has 138 valence electrons. The van der Waals surface area contributed by atoms with E-state index in [1.807, 2.05) is 42.5 Å². The van der Waals surface area contributed by atoms with E-state index < -0.39 is 0 Å². The number of hydrogen-bond donors (Lipinski definition) is 1. The van der Waals surface area contributed by atoms with E-state index >= 15 is 0 Å². The molecule has 0 atom stereocenters. The minimum atomic E-state index is 0.0940. The van der Waals surface area contributed by atoms with Crippen LogP contribution in [0.25, 0.3) is 0 Å². The number of hydrogen-bond acceptors (Lipinski definition) is 3. The molecule has 1 heterocycles. The molecule has 4 heteroatoms. The molecule has 1 fully saturated rings. The lowest BCUT2D eigenvalue weighted by Gasteiger charge is -2.31. The predicted octanol–water partition coefficient (Wildman–Crippen LogP) is 3.98. The molecule has 0 aliphatic carbocycles. The molecule has 26 heavy (non-hydrogen) atoms. The number of likely N-dealkylation sites (tertiary alicyclic amines) is 1. The van der Waals surface area contributed by atoms with E-state index in [2.05, 4.69) is 22.3 Å². The quantitative estimate of drug-likeness (QED) is 0.819. The molecular weight excluding hydrogens is 324 g/mol. The van der Waals surface area contributed by atoms with Crippen molar-refractivity contribution in [3.63, 3.8) is 0 Å². The largest absolute Gasteiger partial charge is 0.497 e. The number of amides is 1. The van der Waals surface area contributed by atoms with Gasteiger partial charge >= 0.3 is 0 Å². The number of nitrogens with zero attached hydrogens (tertiary/aromatic N) is 1. The van der Waals surface area contributed by atoms with Gasteiger partial charge in [-0.25, -0.2) is 0 Å². The van der Waals surface area contributed by atoms with Gasteiger partial charge in [0.05, 0.1) is 7.11 Å². The van der Waals surface area contributed by atoms with E-state index in [4.69, 9.17) is 4.74 Å². The number of ether oxygens (including phenoxy) is 1. The van der Waals surface area contributed by atoms with Gasteiger partial charge in [-0.3, -0.25) is 4.79 Å². The van der Waals surface area contributed by atoms with Crippen LogP contribution >= 0.6 is 0 Å². The summed E-state index contributed by atoms with van der Waals surface area (Å²) in [7, 11) is 1.70. The second kappa shape index (κ2) is 9.39. The highest BCUT2D eigenvalue weighted by Crippen LogP contribution is 2.23. The van der Waals surface area contributed by atoms with Crippen LogP contribution in [0, 0.1) is 5.92 Å². The molecule has 1 saturated heterocycles. The summed E-state index contributed by atoms with van der Waals surface area (Å²) in [6.45, 7) is 3.01. The molecule has 1 aliphatic rings. The Hall–Kier alpha value is -2.33. The van der Waals surface area contributed by atoms with E-state index in [9.17, 15) is 4.79 Å². The average molecular weight is 352 g/mol. The van der Waals surface area contributed by atoms with Gasteiger partial charge in [0.2, 0.25) is 5.91 Å². The Morgan fingerprint density at radius 3 is 2.42 bits per heavy atom. The van der Waals surface area contributed by atoms with Crippen LogP contribution in [0.1, 0.15) is 24.8 Å². The number of rotatable bonds is 7. The molecule has 2 aromatic carbocycles. The van der Waals surface area contributed by atoms with Gasteiger partial charge in [0.1, 0.15) is 5.75 Å². The third-order valence-corrected chi connectivity index (χ3v) is 5.10. The smallest absolute Gasteiger partial charge is 0.225 e. The Kier molecular flexibility index (Phi) is 6.67. The lowest BCUT2D eigenvalue weighted by atomic mass is 9.90. The number of para-hydroxylation sites is 1. The second-order valence-corrected chi connectivity index (χ2v) is 7.00. The Morgan fingerprint density at radius 1 is 1.08 bits per heavy atom. The number of nitrogens with one attached hydrogen (secondary N) is 1. The summed E-state index contributed by atoms with van der Waals surface area (Å²) in [5, 5.41) is 2.96. The topological polar surface area (TPSA) is 41.6 Å². The number of piperidine rings is 1. The van der Waals surface area contributed by atoms with Crippen LogP contribution in [-0.4, -0.2) is 37.6 Å². The monoisotopic (exact) mass is 352 g/mol. The molecular formula is C22H28N2O2. The fourth-order valence-electron chi connectivity index (χ4n) is 3.51. The lowest BCUT2D eigenvalue weighted by Crippen LogP contribution is -2.36. The molecule has 2 aromatic rings. The maximum atomic E-state index is 12.1. The second-order valence-electron chi connectivity index (χ2n) is 7.00. The molecule has 0 spiro atoms. The van der Waals surface area contributed by atoms with Crippen molar-refractivity contribution in [1.29, 1.82) is 0 Å². The molecule has 0 unspecified atom stereocenters. The molecule has 0 radical (unpaired) electrons. The van der Waals surface area contributed by atoms with Crippen LogP contribution in [0.5, 0.6) is 5.75 Å². The predicted molar refractivity (Wildman–Crippen MR) is 106 cm³/mol. The van der Waals surface area contributed by atoms with Crippen LogP contribution in [0.2, 0.25) is 0 Å². The Morgan fingerprint density at radius 2 is 1.77 bits per heavy atom. The number of carbonyl (C=O) groups excluding carboxylic acids is 1. The summed E-state index contributed by atoms with van der Waals surface area (Å²) < 4.78 is 5.22. The highest BCUT2D eigenvalue weighted by molar-refractivity contribution is 5.90. The van der Waals surface area contributed by atoms with Gasteiger partial charge < -0.3 is 15.0 Å². The zero-order chi connectivity index (χ0) is 18.2. The van der Waals surface area contributed by atoms with Crippen LogP contribution in [-0.2, 0) is 11.2 Å². The van der Waals surface area contributed by atoms with Gasteiger partial charge in [-0.05, 0) is 68.1 Å². The van der Waals surface area contributed by atoms with Crippen LogP contribution < -0.4 is 10.1 Å². The summed E-state index contributed by atoms with van der Waals surface area (Å²) in [6, 6.07) is 18.1. The van der Waals surface area contributed by atoms with E-state index in [1.54, 1.807) is 7.11 Å². The standard InChI is InChI=1S/C22H28N2O2/c1-26-21-9-7-18(8-10-21)17-19-11-14-24(15-12-19)16-13-22(25)23-20-5-3-2-4-6-20/h2-10,19H,11-17H2,1H3,(H,23,25). The normalized spacial score (nSPS) is 15.6. The first-order chi connectivity index (χ1) is 12.7. The Bertz CT molecular complexity index is 677. The van der Waals surface area contributed by atoms with Crippen molar-refractivity contribution < 1.29 is 9.53 Å². The molecule has 0 saturated carbocycles. The number of methoxy groups -OCH3 is 1. The zero-order valence-corrected chi connectivity index (χ0v) is 15.5. The van der Waals surface area contributed by atoms with Crippen molar-refractivity contribution in [3.05, 3.63) is 60.2 Å². The third-order valence-electron chi connectivity index (χ3n) is 5.10. The van der Waals surface area contributed by atoms with E-state index in [1.165, 1.54) is 18.4 Å². The SMILES string of the molecule is COc1ccc(CC2CCN(CCC(=O)Nc3ccccc3)CC2)cc1. The minimum absolute atomic E-state index is 0.0940. The number of benzene rings is 2. The Balaban J connectivity index is 1.36. The summed E-state index contributed by atoms with van der Waals surface area (Å²) in [5.41, 5.74) is 2.25. The van der Waals surface area contributed by atoms with Gasteiger partial charge in [-0.15, -0.1) is 0 Å². The Labute approximate surface area is 156 Å². The maximum absolute atomic E-state index is 12.1. The fraction of sp³-hybridized carbons (Fsp3) is 0.409. The number of anilines is 1. The third kappa shape index (κ3) is 5.60. The van der Waals surface area contributed by atoms with Crippen molar-refractivity contribution in [3.8, 4) is 5.75 Å². The lowest BCUT2D eigenvalue weighted by molar-refractivity contribution is -0.116. The van der Waals surface area contributed by atoms with Gasteiger partial charge in [0.15, 0.2) is 0 Å². The molecule has 3 rings (SSSR count). The first-order valence-electron chi connectivity index (χ1n) is 9.43. The first-order valence-corrected chi connectivity index (χ1v) is 9.43. The van der Waals surface area contributed by atoms with Crippen molar-refractivity contribution in [1.82, 2.24) is 4.90 Å². The van der Waals surface area contributed by atoms with Gasteiger partial charge in [0.25, 0.3) is 0 Å². The fourth-order valence-corrected chi connectivity index (χ4v) is 3.51. The van der Waals surface area contributed by atoms with Gasteiger partial charge in [-0.2, -0.15) is 0 Å². The van der Waals surface area contributed by atoms with E-state index in [-0.39, 0.29) is 5.91 Å². The number of carbonyl (C=O) groups is 1.